The van der Waals surface area contributed by atoms with Crippen LogP contribution in [0.4, 0.5) is 0 Å². The Morgan fingerprint density at radius 3 is 2.82 bits per heavy atom. The van der Waals surface area contributed by atoms with Crippen LogP contribution in [-0.2, 0) is 11.3 Å². The fourth-order valence-electron chi connectivity index (χ4n) is 1.79. The van der Waals surface area contributed by atoms with Gasteiger partial charge in [-0.1, -0.05) is 0 Å². The van der Waals surface area contributed by atoms with Crippen molar-refractivity contribution in [1.29, 1.82) is 0 Å². The second kappa shape index (κ2) is 6.64. The molecule has 94 valence electrons. The van der Waals surface area contributed by atoms with Crippen LogP contribution in [0.3, 0.4) is 0 Å². The van der Waals surface area contributed by atoms with Crippen molar-refractivity contribution in [3.05, 3.63) is 23.8 Å². The molecule has 0 unspecified atom stereocenters. The first kappa shape index (κ1) is 12.4. The van der Waals surface area contributed by atoms with E-state index in [1.807, 2.05) is 13.1 Å². The molecule has 0 saturated carbocycles. The monoisotopic (exact) mass is 236 g/mol. The Bertz CT molecular complexity index is 322. The summed E-state index contributed by atoms with van der Waals surface area (Å²) in [7, 11) is 0. The van der Waals surface area contributed by atoms with Gasteiger partial charge in [-0.25, -0.2) is 0 Å². The molecule has 1 aliphatic heterocycles. The molecule has 2 heterocycles. The molecule has 5 heteroatoms. The van der Waals surface area contributed by atoms with Crippen LogP contribution in [0.2, 0.25) is 0 Å². The van der Waals surface area contributed by atoms with Gasteiger partial charge in [-0.2, -0.15) is 0 Å². The molecule has 0 atom stereocenters. The second-order valence-electron chi connectivity index (χ2n) is 4.28. The first-order chi connectivity index (χ1) is 8.34. The molecule has 17 heavy (non-hydrogen) atoms. The molecule has 1 saturated heterocycles. The molecule has 1 aromatic heterocycles. The van der Waals surface area contributed by atoms with Crippen LogP contribution < -0.4 is 5.32 Å². The van der Waals surface area contributed by atoms with Crippen LogP contribution in [0.1, 0.15) is 11.4 Å². The van der Waals surface area contributed by atoms with Gasteiger partial charge in [0.15, 0.2) is 0 Å². The lowest BCUT2D eigenvalue weighted by atomic mass is 10.4. The Labute approximate surface area is 102 Å². The van der Waals surface area contributed by atoms with E-state index in [9.17, 15) is 0 Å². The van der Waals surface area contributed by atoms with Gasteiger partial charge in [0.1, 0.15) is 0 Å². The maximum absolute atomic E-state index is 5.31. The van der Waals surface area contributed by atoms with Gasteiger partial charge in [-0.15, -0.1) is 0 Å². The van der Waals surface area contributed by atoms with Gasteiger partial charge < -0.3 is 10.1 Å². The van der Waals surface area contributed by atoms with Gasteiger partial charge >= 0.3 is 0 Å². The lowest BCUT2D eigenvalue weighted by Gasteiger charge is -2.26. The number of nitrogens with zero attached hydrogens (tertiary/aromatic N) is 3. The van der Waals surface area contributed by atoms with E-state index in [1.54, 1.807) is 6.20 Å². The number of hydrogen-bond donors (Lipinski definition) is 1. The van der Waals surface area contributed by atoms with Gasteiger partial charge in [0, 0.05) is 45.1 Å². The SMILES string of the molecule is Cc1cnc(CNCCN2CCOCC2)cn1. The van der Waals surface area contributed by atoms with Crippen LogP contribution >= 0.6 is 0 Å². The van der Waals surface area contributed by atoms with Crippen molar-refractivity contribution in [1.82, 2.24) is 20.2 Å². The maximum atomic E-state index is 5.31. The Morgan fingerprint density at radius 1 is 1.29 bits per heavy atom. The molecular weight excluding hydrogens is 216 g/mol. The van der Waals surface area contributed by atoms with Gasteiger partial charge in [-0.3, -0.25) is 14.9 Å². The van der Waals surface area contributed by atoms with Crippen molar-refractivity contribution in [3.63, 3.8) is 0 Å². The number of aromatic nitrogens is 2. The van der Waals surface area contributed by atoms with E-state index in [0.717, 1.165) is 57.3 Å². The molecule has 0 radical (unpaired) electrons. The van der Waals surface area contributed by atoms with Crippen molar-refractivity contribution >= 4 is 0 Å². The van der Waals surface area contributed by atoms with Crippen LogP contribution in [0, 0.1) is 6.92 Å². The first-order valence-electron chi connectivity index (χ1n) is 6.13. The van der Waals surface area contributed by atoms with E-state index in [1.165, 1.54) is 0 Å². The summed E-state index contributed by atoms with van der Waals surface area (Å²) in [5, 5.41) is 3.38. The molecule has 1 fully saturated rings. The summed E-state index contributed by atoms with van der Waals surface area (Å²) in [6.45, 7) is 8.61. The van der Waals surface area contributed by atoms with Crippen molar-refractivity contribution in [2.24, 2.45) is 0 Å². The second-order valence-corrected chi connectivity index (χ2v) is 4.28. The van der Waals surface area contributed by atoms with Crippen LogP contribution in [0.5, 0.6) is 0 Å². The molecule has 1 aliphatic rings. The summed E-state index contributed by atoms with van der Waals surface area (Å²) in [5.41, 5.74) is 1.96. The standard InChI is InChI=1S/C12H20N4O/c1-11-8-15-12(10-14-11)9-13-2-3-16-4-6-17-7-5-16/h8,10,13H,2-7,9H2,1H3. The summed E-state index contributed by atoms with van der Waals surface area (Å²) in [6.07, 6.45) is 3.63. The summed E-state index contributed by atoms with van der Waals surface area (Å²) in [5.74, 6) is 0. The Balaban J connectivity index is 1.60. The smallest absolute Gasteiger partial charge is 0.0724 e. The van der Waals surface area contributed by atoms with Crippen LogP contribution in [0.25, 0.3) is 0 Å². The third-order valence-corrected chi connectivity index (χ3v) is 2.85. The average molecular weight is 236 g/mol. The highest BCUT2D eigenvalue weighted by Crippen LogP contribution is 1.96. The summed E-state index contributed by atoms with van der Waals surface area (Å²) in [6, 6.07) is 0. The van der Waals surface area contributed by atoms with Gasteiger partial charge in [0.05, 0.1) is 24.6 Å². The molecule has 2 rings (SSSR count). The quantitative estimate of drug-likeness (QED) is 0.741. The molecule has 5 nitrogen and oxygen atoms in total. The minimum absolute atomic E-state index is 0.789. The number of aryl methyl sites for hydroxylation is 1. The zero-order valence-corrected chi connectivity index (χ0v) is 10.4. The summed E-state index contributed by atoms with van der Waals surface area (Å²) >= 11 is 0. The van der Waals surface area contributed by atoms with E-state index in [-0.39, 0.29) is 0 Å². The number of hydrogen-bond acceptors (Lipinski definition) is 5. The first-order valence-corrected chi connectivity index (χ1v) is 6.13. The molecular formula is C12H20N4O. The molecule has 0 amide bonds. The zero-order chi connectivity index (χ0) is 11.9. The zero-order valence-electron chi connectivity index (χ0n) is 10.4. The highest BCUT2D eigenvalue weighted by atomic mass is 16.5. The van der Waals surface area contributed by atoms with E-state index in [4.69, 9.17) is 4.74 Å². The fourth-order valence-corrected chi connectivity index (χ4v) is 1.79. The summed E-state index contributed by atoms with van der Waals surface area (Å²) < 4.78 is 5.31. The van der Waals surface area contributed by atoms with Crippen LogP contribution in [-0.4, -0.2) is 54.3 Å². The maximum Gasteiger partial charge on any atom is 0.0724 e. The largest absolute Gasteiger partial charge is 0.379 e. The Kier molecular flexibility index (Phi) is 4.85. The molecule has 0 spiro atoms. The third-order valence-electron chi connectivity index (χ3n) is 2.85. The van der Waals surface area contributed by atoms with Gasteiger partial charge in [0.2, 0.25) is 0 Å². The molecule has 0 aliphatic carbocycles. The molecule has 0 bridgehead atoms. The van der Waals surface area contributed by atoms with E-state index < -0.39 is 0 Å². The van der Waals surface area contributed by atoms with E-state index in [2.05, 4.69) is 20.2 Å². The van der Waals surface area contributed by atoms with Gasteiger partial charge in [0.25, 0.3) is 0 Å². The fraction of sp³-hybridized carbons (Fsp3) is 0.667. The normalized spacial score (nSPS) is 17.2. The van der Waals surface area contributed by atoms with E-state index >= 15 is 0 Å². The molecule has 1 aromatic rings. The predicted molar refractivity (Wildman–Crippen MR) is 65.7 cm³/mol. The average Bonchev–Trinajstić information content (AvgIpc) is 2.38. The minimum Gasteiger partial charge on any atom is -0.379 e. The number of nitrogens with one attached hydrogen (secondary N) is 1. The predicted octanol–water partition coefficient (Wildman–Crippen LogP) is 0.207. The van der Waals surface area contributed by atoms with Crippen molar-refractivity contribution < 1.29 is 4.74 Å². The third kappa shape index (κ3) is 4.38. The van der Waals surface area contributed by atoms with Crippen molar-refractivity contribution in [2.75, 3.05) is 39.4 Å². The number of rotatable bonds is 5. The van der Waals surface area contributed by atoms with Crippen molar-refractivity contribution in [3.8, 4) is 0 Å². The number of ether oxygens (including phenoxy) is 1. The highest BCUT2D eigenvalue weighted by molar-refractivity contribution is 5.00. The lowest BCUT2D eigenvalue weighted by molar-refractivity contribution is 0.0384. The van der Waals surface area contributed by atoms with Crippen molar-refractivity contribution in [2.45, 2.75) is 13.5 Å². The van der Waals surface area contributed by atoms with Gasteiger partial charge in [-0.05, 0) is 6.92 Å². The highest BCUT2D eigenvalue weighted by Gasteiger charge is 2.08. The minimum atomic E-state index is 0.789. The van der Waals surface area contributed by atoms with Crippen LogP contribution in [0.15, 0.2) is 12.4 Å². The topological polar surface area (TPSA) is 50.3 Å². The molecule has 0 aromatic carbocycles. The summed E-state index contributed by atoms with van der Waals surface area (Å²) in [4.78, 5) is 10.9. The Hall–Kier alpha value is -1.04. The number of morpholine rings is 1. The van der Waals surface area contributed by atoms with E-state index in [0.29, 0.717) is 0 Å². The Morgan fingerprint density at radius 2 is 2.12 bits per heavy atom. The lowest BCUT2D eigenvalue weighted by Crippen LogP contribution is -2.40. The molecule has 1 N–H and O–H groups in total.